The third-order valence-electron chi connectivity index (χ3n) is 3.47. The Kier molecular flexibility index (Phi) is 4.54. The summed E-state index contributed by atoms with van der Waals surface area (Å²) in [6, 6.07) is 0. The molecule has 16 heavy (non-hydrogen) atoms. The van der Waals surface area contributed by atoms with Crippen LogP contribution in [-0.2, 0) is 9.53 Å². The Hall–Kier alpha value is -0.830. The second-order valence-electron chi connectivity index (χ2n) is 4.81. The molecule has 3 nitrogen and oxygen atoms in total. The minimum absolute atomic E-state index is 0.0343. The van der Waals surface area contributed by atoms with Gasteiger partial charge in [-0.2, -0.15) is 0 Å². The molecule has 1 heterocycles. The monoisotopic (exact) mass is 226 g/mol. The first kappa shape index (κ1) is 13.2. The second kappa shape index (κ2) is 5.48. The first-order chi connectivity index (χ1) is 7.47. The molecular weight excluding hydrogens is 204 g/mol. The van der Waals surface area contributed by atoms with Gasteiger partial charge in [0.2, 0.25) is 0 Å². The Morgan fingerprint density at radius 1 is 1.50 bits per heavy atom. The number of carbonyl (C=O) groups excluding carboxylic acids is 1. The molecule has 0 unspecified atom stereocenters. The van der Waals surface area contributed by atoms with Gasteiger partial charge < -0.3 is 9.84 Å². The van der Waals surface area contributed by atoms with E-state index in [0.29, 0.717) is 5.92 Å². The molecule has 0 amide bonds. The molecule has 5 atom stereocenters. The van der Waals surface area contributed by atoms with Crippen LogP contribution in [0.15, 0.2) is 12.2 Å². The fraction of sp³-hybridized carbons (Fsp3) is 0.769. The number of ether oxygens (including phenoxy) is 1. The average Bonchev–Trinajstić information content (AvgIpc) is 2.28. The van der Waals surface area contributed by atoms with E-state index in [2.05, 4.69) is 19.9 Å². The molecule has 0 aromatic heterocycles. The molecule has 0 aliphatic carbocycles. The Morgan fingerprint density at radius 2 is 2.12 bits per heavy atom. The lowest BCUT2D eigenvalue weighted by molar-refractivity contribution is -0.172. The van der Waals surface area contributed by atoms with E-state index in [9.17, 15) is 9.90 Å². The smallest absolute Gasteiger partial charge is 0.311 e. The number of aliphatic hydroxyl groups excluding tert-OH is 1. The summed E-state index contributed by atoms with van der Waals surface area (Å²) < 4.78 is 5.29. The van der Waals surface area contributed by atoms with Crippen LogP contribution >= 0.6 is 0 Å². The second-order valence-corrected chi connectivity index (χ2v) is 4.81. The van der Waals surface area contributed by atoms with E-state index in [1.54, 1.807) is 6.92 Å². The highest BCUT2D eigenvalue weighted by Gasteiger charge is 2.39. The van der Waals surface area contributed by atoms with E-state index in [4.69, 9.17) is 4.74 Å². The molecule has 1 aliphatic rings. The Morgan fingerprint density at radius 3 is 2.69 bits per heavy atom. The molecule has 0 saturated carbocycles. The van der Waals surface area contributed by atoms with Crippen LogP contribution in [-0.4, -0.2) is 23.3 Å². The summed E-state index contributed by atoms with van der Waals surface area (Å²) in [5.41, 5.74) is 0. The SMILES string of the molecule is CC[C@@H](C)C=C[C@H]1OC(=O)[C@H](C)[C@H](O)[C@@H]1C. The zero-order valence-electron chi connectivity index (χ0n) is 10.5. The van der Waals surface area contributed by atoms with E-state index in [0.717, 1.165) is 6.42 Å². The van der Waals surface area contributed by atoms with Crippen molar-refractivity contribution in [1.82, 2.24) is 0 Å². The Bertz CT molecular complexity index is 272. The first-order valence-corrected chi connectivity index (χ1v) is 6.04. The summed E-state index contributed by atoms with van der Waals surface area (Å²) in [6.45, 7) is 7.85. The van der Waals surface area contributed by atoms with E-state index in [1.165, 1.54) is 0 Å². The lowest BCUT2D eigenvalue weighted by Gasteiger charge is -2.34. The number of hydrogen-bond acceptors (Lipinski definition) is 3. The Balaban J connectivity index is 2.67. The van der Waals surface area contributed by atoms with Crippen molar-refractivity contribution in [1.29, 1.82) is 0 Å². The molecule has 0 bridgehead atoms. The van der Waals surface area contributed by atoms with Gasteiger partial charge in [0.1, 0.15) is 6.10 Å². The van der Waals surface area contributed by atoms with Crippen LogP contribution < -0.4 is 0 Å². The van der Waals surface area contributed by atoms with Crippen LogP contribution in [0.25, 0.3) is 0 Å². The molecule has 0 spiro atoms. The van der Waals surface area contributed by atoms with Crippen LogP contribution in [0.2, 0.25) is 0 Å². The van der Waals surface area contributed by atoms with Crippen LogP contribution in [0.4, 0.5) is 0 Å². The van der Waals surface area contributed by atoms with Crippen molar-refractivity contribution in [2.45, 2.75) is 46.3 Å². The molecule has 1 aliphatic heterocycles. The number of aliphatic hydroxyl groups is 1. The van der Waals surface area contributed by atoms with E-state index >= 15 is 0 Å². The lowest BCUT2D eigenvalue weighted by atomic mass is 9.86. The number of esters is 1. The molecule has 1 saturated heterocycles. The third-order valence-corrected chi connectivity index (χ3v) is 3.47. The summed E-state index contributed by atoms with van der Waals surface area (Å²) in [4.78, 5) is 11.5. The van der Waals surface area contributed by atoms with Crippen molar-refractivity contribution in [2.24, 2.45) is 17.8 Å². The topological polar surface area (TPSA) is 46.5 Å². The van der Waals surface area contributed by atoms with E-state index in [1.807, 2.05) is 13.0 Å². The fourth-order valence-corrected chi connectivity index (χ4v) is 1.79. The maximum Gasteiger partial charge on any atom is 0.311 e. The normalized spacial score (nSPS) is 37.4. The lowest BCUT2D eigenvalue weighted by Crippen LogP contribution is -2.45. The number of hydrogen-bond donors (Lipinski definition) is 1. The Labute approximate surface area is 97.5 Å². The van der Waals surface area contributed by atoms with Crippen LogP contribution in [0.3, 0.4) is 0 Å². The maximum atomic E-state index is 11.5. The van der Waals surface area contributed by atoms with Crippen molar-refractivity contribution in [3.05, 3.63) is 12.2 Å². The number of allylic oxidation sites excluding steroid dienone is 1. The molecule has 3 heteroatoms. The fourth-order valence-electron chi connectivity index (χ4n) is 1.79. The van der Waals surface area contributed by atoms with Gasteiger partial charge in [-0.3, -0.25) is 4.79 Å². The molecule has 0 radical (unpaired) electrons. The molecule has 1 N–H and O–H groups in total. The van der Waals surface area contributed by atoms with Gasteiger partial charge in [-0.05, 0) is 18.9 Å². The van der Waals surface area contributed by atoms with Gasteiger partial charge in [0.25, 0.3) is 0 Å². The first-order valence-electron chi connectivity index (χ1n) is 6.04. The van der Waals surface area contributed by atoms with Crippen molar-refractivity contribution in [3.8, 4) is 0 Å². The number of cyclic esters (lactones) is 1. The van der Waals surface area contributed by atoms with Gasteiger partial charge in [-0.15, -0.1) is 0 Å². The standard InChI is InChI=1S/C13H22O3/c1-5-8(2)6-7-11-9(3)12(14)10(4)13(15)16-11/h6-12,14H,5H2,1-4H3/t8-,9-,10-,11-,12-/m1/s1. The van der Waals surface area contributed by atoms with Gasteiger partial charge in [0.05, 0.1) is 12.0 Å². The zero-order chi connectivity index (χ0) is 12.3. The van der Waals surface area contributed by atoms with Crippen molar-refractivity contribution in [2.75, 3.05) is 0 Å². The highest BCUT2D eigenvalue weighted by molar-refractivity contribution is 5.74. The van der Waals surface area contributed by atoms with Crippen LogP contribution in [0.1, 0.15) is 34.1 Å². The van der Waals surface area contributed by atoms with Gasteiger partial charge in [0.15, 0.2) is 0 Å². The predicted molar refractivity (Wildman–Crippen MR) is 62.8 cm³/mol. The largest absolute Gasteiger partial charge is 0.457 e. The maximum absolute atomic E-state index is 11.5. The summed E-state index contributed by atoms with van der Waals surface area (Å²) >= 11 is 0. The number of carbonyl (C=O) groups is 1. The zero-order valence-corrected chi connectivity index (χ0v) is 10.5. The van der Waals surface area contributed by atoms with Gasteiger partial charge in [-0.25, -0.2) is 0 Å². The minimum Gasteiger partial charge on any atom is -0.457 e. The summed E-state index contributed by atoms with van der Waals surface area (Å²) in [5, 5.41) is 9.87. The highest BCUT2D eigenvalue weighted by atomic mass is 16.5. The molecular formula is C13H22O3. The predicted octanol–water partition coefficient (Wildman–Crippen LogP) is 2.15. The minimum atomic E-state index is -0.604. The summed E-state index contributed by atoms with van der Waals surface area (Å²) in [5.74, 6) is -0.275. The molecule has 0 aromatic carbocycles. The molecule has 1 rings (SSSR count). The summed E-state index contributed by atoms with van der Waals surface area (Å²) in [6.07, 6.45) is 4.13. The quantitative estimate of drug-likeness (QED) is 0.592. The van der Waals surface area contributed by atoms with Crippen LogP contribution in [0.5, 0.6) is 0 Å². The molecule has 1 fully saturated rings. The van der Waals surface area contributed by atoms with Crippen molar-refractivity contribution >= 4 is 5.97 Å². The summed E-state index contributed by atoms with van der Waals surface area (Å²) in [7, 11) is 0. The molecule has 0 aromatic rings. The van der Waals surface area contributed by atoms with E-state index < -0.39 is 12.0 Å². The van der Waals surface area contributed by atoms with Gasteiger partial charge in [-0.1, -0.05) is 33.3 Å². The molecule has 92 valence electrons. The van der Waals surface area contributed by atoms with Crippen LogP contribution in [0, 0.1) is 17.8 Å². The number of rotatable bonds is 3. The average molecular weight is 226 g/mol. The van der Waals surface area contributed by atoms with Crippen molar-refractivity contribution in [3.63, 3.8) is 0 Å². The van der Waals surface area contributed by atoms with Crippen molar-refractivity contribution < 1.29 is 14.6 Å². The van der Waals surface area contributed by atoms with Gasteiger partial charge >= 0.3 is 5.97 Å². The van der Waals surface area contributed by atoms with Gasteiger partial charge in [0, 0.05) is 5.92 Å². The van der Waals surface area contributed by atoms with E-state index in [-0.39, 0.29) is 18.0 Å². The highest BCUT2D eigenvalue weighted by Crippen LogP contribution is 2.27. The third kappa shape index (κ3) is 2.85.